The van der Waals surface area contributed by atoms with Crippen molar-refractivity contribution in [2.24, 2.45) is 5.84 Å². The van der Waals surface area contributed by atoms with Gasteiger partial charge in [0.05, 0.1) is 5.60 Å². The van der Waals surface area contributed by atoms with Gasteiger partial charge in [0.25, 0.3) is 0 Å². The van der Waals surface area contributed by atoms with Crippen molar-refractivity contribution in [3.63, 3.8) is 0 Å². The molecule has 0 bridgehead atoms. The van der Waals surface area contributed by atoms with Gasteiger partial charge in [-0.3, -0.25) is 16.3 Å². The fourth-order valence-corrected chi connectivity index (χ4v) is 1.71. The number of aryl methyl sites for hydroxylation is 1. The molecule has 1 aromatic heterocycles. The van der Waals surface area contributed by atoms with E-state index in [-0.39, 0.29) is 11.6 Å². The fourth-order valence-electron chi connectivity index (χ4n) is 1.71. The molecule has 1 atom stereocenters. The molecule has 1 rings (SSSR count). The van der Waals surface area contributed by atoms with E-state index in [4.69, 9.17) is 10.6 Å². The fraction of sp³-hybridized carbons (Fsp3) is 0.615. The second-order valence-corrected chi connectivity index (χ2v) is 5.02. The largest absolute Gasteiger partial charge is 0.379 e. The van der Waals surface area contributed by atoms with Crippen LogP contribution in [0.1, 0.15) is 43.9 Å². The summed E-state index contributed by atoms with van der Waals surface area (Å²) in [6.07, 6.45) is 5.56. The number of hydrogen-bond acceptors (Lipinski definition) is 4. The smallest absolute Gasteiger partial charge is 0.0623 e. The van der Waals surface area contributed by atoms with Gasteiger partial charge in [0.15, 0.2) is 0 Å². The zero-order valence-corrected chi connectivity index (χ0v) is 11.2. The monoisotopic (exact) mass is 237 g/mol. The van der Waals surface area contributed by atoms with Crippen LogP contribution >= 0.6 is 0 Å². The zero-order valence-electron chi connectivity index (χ0n) is 11.2. The maximum absolute atomic E-state index is 5.61. The van der Waals surface area contributed by atoms with Gasteiger partial charge in [-0.1, -0.05) is 6.07 Å². The van der Waals surface area contributed by atoms with Gasteiger partial charge < -0.3 is 4.74 Å². The Labute approximate surface area is 104 Å². The number of pyridine rings is 1. The van der Waals surface area contributed by atoms with Crippen molar-refractivity contribution >= 4 is 0 Å². The maximum atomic E-state index is 5.61. The highest BCUT2D eigenvalue weighted by atomic mass is 16.5. The van der Waals surface area contributed by atoms with Crippen LogP contribution in [0.3, 0.4) is 0 Å². The van der Waals surface area contributed by atoms with E-state index in [1.807, 2.05) is 19.3 Å². The molecule has 0 spiro atoms. The summed E-state index contributed by atoms with van der Waals surface area (Å²) in [7, 11) is 1.74. The van der Waals surface area contributed by atoms with Crippen LogP contribution < -0.4 is 11.3 Å². The SMILES string of the molecule is COC(C)(C)CCC(NN)c1cncc(C)c1. The summed E-state index contributed by atoms with van der Waals surface area (Å²) in [6, 6.07) is 2.23. The Balaban J connectivity index is 2.66. The summed E-state index contributed by atoms with van der Waals surface area (Å²) >= 11 is 0. The highest BCUT2D eigenvalue weighted by Crippen LogP contribution is 2.23. The van der Waals surface area contributed by atoms with Gasteiger partial charge in [-0.2, -0.15) is 0 Å². The second-order valence-electron chi connectivity index (χ2n) is 5.02. The molecule has 1 heterocycles. The van der Waals surface area contributed by atoms with Crippen LogP contribution in [-0.2, 0) is 4.74 Å². The topological polar surface area (TPSA) is 60.2 Å². The molecule has 4 heteroatoms. The molecule has 3 N–H and O–H groups in total. The number of ether oxygens (including phenoxy) is 1. The standard InChI is InChI=1S/C13H23N3O/c1-10-7-11(9-15-8-10)12(16-14)5-6-13(2,3)17-4/h7-9,12,16H,5-6,14H2,1-4H3. The summed E-state index contributed by atoms with van der Waals surface area (Å²) in [5, 5.41) is 0. The first-order chi connectivity index (χ1) is 7.98. The van der Waals surface area contributed by atoms with Crippen LogP contribution in [0, 0.1) is 6.92 Å². The van der Waals surface area contributed by atoms with Crippen molar-refractivity contribution in [2.75, 3.05) is 7.11 Å². The summed E-state index contributed by atoms with van der Waals surface area (Å²) in [6.45, 7) is 6.19. The molecule has 1 aromatic rings. The molecule has 0 radical (unpaired) electrons. The summed E-state index contributed by atoms with van der Waals surface area (Å²) in [5.41, 5.74) is 5.00. The van der Waals surface area contributed by atoms with Gasteiger partial charge in [0.1, 0.15) is 0 Å². The van der Waals surface area contributed by atoms with Gasteiger partial charge in [-0.25, -0.2) is 0 Å². The van der Waals surface area contributed by atoms with Gasteiger partial charge in [-0.15, -0.1) is 0 Å². The van der Waals surface area contributed by atoms with Crippen LogP contribution in [0.25, 0.3) is 0 Å². The van der Waals surface area contributed by atoms with E-state index < -0.39 is 0 Å². The molecule has 0 aliphatic heterocycles. The lowest BCUT2D eigenvalue weighted by atomic mass is 9.95. The third-order valence-electron chi connectivity index (χ3n) is 3.09. The molecule has 4 nitrogen and oxygen atoms in total. The molecule has 0 saturated heterocycles. The van der Waals surface area contributed by atoms with Crippen molar-refractivity contribution in [1.82, 2.24) is 10.4 Å². The average molecular weight is 237 g/mol. The van der Waals surface area contributed by atoms with E-state index in [2.05, 4.69) is 30.3 Å². The Morgan fingerprint density at radius 1 is 1.47 bits per heavy atom. The van der Waals surface area contributed by atoms with Crippen LogP contribution in [0.4, 0.5) is 0 Å². The lowest BCUT2D eigenvalue weighted by molar-refractivity contribution is 0.0116. The number of nitrogens with one attached hydrogen (secondary N) is 1. The Kier molecular flexibility index (Phi) is 5.05. The first-order valence-electron chi connectivity index (χ1n) is 5.91. The van der Waals surface area contributed by atoms with E-state index in [0.717, 1.165) is 24.0 Å². The zero-order chi connectivity index (χ0) is 12.9. The summed E-state index contributed by atoms with van der Waals surface area (Å²) in [4.78, 5) is 4.19. The summed E-state index contributed by atoms with van der Waals surface area (Å²) < 4.78 is 5.41. The molecular weight excluding hydrogens is 214 g/mol. The van der Waals surface area contributed by atoms with E-state index in [1.54, 1.807) is 7.11 Å². The van der Waals surface area contributed by atoms with Crippen LogP contribution in [-0.4, -0.2) is 17.7 Å². The number of hydrogen-bond donors (Lipinski definition) is 2. The number of methoxy groups -OCH3 is 1. The van der Waals surface area contributed by atoms with E-state index >= 15 is 0 Å². The first kappa shape index (κ1) is 14.1. The van der Waals surface area contributed by atoms with Crippen molar-refractivity contribution in [1.29, 1.82) is 0 Å². The number of hydrazine groups is 1. The lowest BCUT2D eigenvalue weighted by Gasteiger charge is -2.25. The Morgan fingerprint density at radius 2 is 2.18 bits per heavy atom. The van der Waals surface area contributed by atoms with Gasteiger partial charge in [0, 0.05) is 25.5 Å². The van der Waals surface area contributed by atoms with E-state index in [1.165, 1.54) is 0 Å². The molecule has 96 valence electrons. The highest BCUT2D eigenvalue weighted by molar-refractivity contribution is 5.20. The summed E-state index contributed by atoms with van der Waals surface area (Å²) in [5.74, 6) is 5.61. The molecule has 0 saturated carbocycles. The minimum atomic E-state index is -0.119. The Bertz CT molecular complexity index is 352. The average Bonchev–Trinajstić information content (AvgIpc) is 2.30. The lowest BCUT2D eigenvalue weighted by Crippen LogP contribution is -2.31. The van der Waals surface area contributed by atoms with Gasteiger partial charge in [-0.05, 0) is 44.7 Å². The molecule has 0 aromatic carbocycles. The molecule has 17 heavy (non-hydrogen) atoms. The van der Waals surface area contributed by atoms with Crippen molar-refractivity contribution in [2.45, 2.75) is 45.3 Å². The molecule has 0 fully saturated rings. The van der Waals surface area contributed by atoms with Gasteiger partial charge >= 0.3 is 0 Å². The highest BCUT2D eigenvalue weighted by Gasteiger charge is 2.19. The molecule has 1 unspecified atom stereocenters. The predicted octanol–water partition coefficient (Wildman–Crippen LogP) is 2.10. The maximum Gasteiger partial charge on any atom is 0.0623 e. The minimum absolute atomic E-state index is 0.119. The quantitative estimate of drug-likeness (QED) is 0.587. The van der Waals surface area contributed by atoms with Crippen molar-refractivity contribution in [3.05, 3.63) is 29.6 Å². The normalized spacial score (nSPS) is 13.7. The van der Waals surface area contributed by atoms with Crippen LogP contribution in [0.5, 0.6) is 0 Å². The van der Waals surface area contributed by atoms with E-state index in [9.17, 15) is 0 Å². The molecule has 0 amide bonds. The number of nitrogens with two attached hydrogens (primary N) is 1. The Hall–Kier alpha value is -0.970. The number of aromatic nitrogens is 1. The third-order valence-corrected chi connectivity index (χ3v) is 3.09. The molecule has 0 aliphatic carbocycles. The third kappa shape index (κ3) is 4.42. The Morgan fingerprint density at radius 3 is 2.71 bits per heavy atom. The minimum Gasteiger partial charge on any atom is -0.379 e. The van der Waals surface area contributed by atoms with Crippen molar-refractivity contribution in [3.8, 4) is 0 Å². The van der Waals surface area contributed by atoms with Crippen LogP contribution in [0.15, 0.2) is 18.5 Å². The predicted molar refractivity (Wildman–Crippen MR) is 69.4 cm³/mol. The molecule has 0 aliphatic rings. The number of nitrogens with zero attached hydrogens (tertiary/aromatic N) is 1. The van der Waals surface area contributed by atoms with Crippen LogP contribution in [0.2, 0.25) is 0 Å². The van der Waals surface area contributed by atoms with E-state index in [0.29, 0.717) is 0 Å². The second kappa shape index (κ2) is 6.10. The van der Waals surface area contributed by atoms with Crippen molar-refractivity contribution < 1.29 is 4.74 Å². The van der Waals surface area contributed by atoms with Gasteiger partial charge in [0.2, 0.25) is 0 Å². The molecular formula is C13H23N3O. The first-order valence-corrected chi connectivity index (χ1v) is 5.91. The number of rotatable bonds is 6.